The van der Waals surface area contributed by atoms with Gasteiger partial charge in [0.1, 0.15) is 5.69 Å². The first-order chi connectivity index (χ1) is 7.92. The molecule has 1 N–H and O–H groups in total. The summed E-state index contributed by atoms with van der Waals surface area (Å²) in [6.45, 7) is 5.00. The summed E-state index contributed by atoms with van der Waals surface area (Å²) >= 11 is 0. The fourth-order valence-electron chi connectivity index (χ4n) is 1.88. The van der Waals surface area contributed by atoms with Gasteiger partial charge in [0.25, 0.3) is 0 Å². The van der Waals surface area contributed by atoms with Crippen molar-refractivity contribution in [2.24, 2.45) is 0 Å². The van der Waals surface area contributed by atoms with Gasteiger partial charge in [-0.3, -0.25) is 4.79 Å². The van der Waals surface area contributed by atoms with E-state index in [1.54, 1.807) is 26.0 Å². The maximum Gasteiger partial charge on any atom is 0.217 e. The first-order valence-corrected chi connectivity index (χ1v) is 5.25. The summed E-state index contributed by atoms with van der Waals surface area (Å²) in [7, 11) is 0. The fraction of sp³-hybridized carbons (Fsp3) is 0.333. The average molecular weight is 236 g/mol. The van der Waals surface area contributed by atoms with Crippen LogP contribution in [0.25, 0.3) is 11.0 Å². The van der Waals surface area contributed by atoms with Crippen molar-refractivity contribution < 1.29 is 13.7 Å². The van der Waals surface area contributed by atoms with Gasteiger partial charge in [0.2, 0.25) is 11.5 Å². The van der Waals surface area contributed by atoms with Gasteiger partial charge < -0.3 is 9.84 Å². The number of hydrogen-bond acceptors (Lipinski definition) is 3. The van der Waals surface area contributed by atoms with Crippen molar-refractivity contribution in [3.05, 3.63) is 29.7 Å². The number of carbonyl (C=O) groups is 1. The van der Waals surface area contributed by atoms with Gasteiger partial charge >= 0.3 is 0 Å². The highest BCUT2D eigenvalue weighted by atomic mass is 19.1. The SMILES string of the molecule is CC(=O)NC(C)(C)c1noc2c(F)cccc12. The molecule has 0 aliphatic heterocycles. The van der Waals surface area contributed by atoms with Crippen LogP contribution in [-0.2, 0) is 10.3 Å². The number of carbonyl (C=O) groups excluding carboxylic acids is 1. The lowest BCUT2D eigenvalue weighted by Gasteiger charge is -2.23. The summed E-state index contributed by atoms with van der Waals surface area (Å²) in [5.74, 6) is -0.637. The van der Waals surface area contributed by atoms with E-state index in [0.29, 0.717) is 11.1 Å². The molecule has 1 aromatic heterocycles. The zero-order chi connectivity index (χ0) is 12.6. The zero-order valence-electron chi connectivity index (χ0n) is 9.87. The normalized spacial score (nSPS) is 11.8. The van der Waals surface area contributed by atoms with Crippen molar-refractivity contribution in [3.63, 3.8) is 0 Å². The second-order valence-corrected chi connectivity index (χ2v) is 4.45. The van der Waals surface area contributed by atoms with E-state index in [9.17, 15) is 9.18 Å². The first kappa shape index (κ1) is 11.6. The van der Waals surface area contributed by atoms with Crippen LogP contribution in [0.2, 0.25) is 0 Å². The number of aromatic nitrogens is 1. The number of halogens is 1. The minimum atomic E-state index is -0.703. The zero-order valence-corrected chi connectivity index (χ0v) is 9.87. The molecule has 4 nitrogen and oxygen atoms in total. The van der Waals surface area contributed by atoms with Crippen molar-refractivity contribution in [2.75, 3.05) is 0 Å². The van der Waals surface area contributed by atoms with Gasteiger partial charge in [-0.15, -0.1) is 0 Å². The maximum atomic E-state index is 13.4. The number of benzene rings is 1. The highest BCUT2D eigenvalue weighted by molar-refractivity contribution is 5.82. The molecule has 90 valence electrons. The molecule has 0 atom stereocenters. The average Bonchev–Trinajstić information content (AvgIpc) is 2.61. The molecular weight excluding hydrogens is 223 g/mol. The van der Waals surface area contributed by atoms with Crippen LogP contribution >= 0.6 is 0 Å². The minimum absolute atomic E-state index is 0.112. The molecule has 0 fully saturated rings. The summed E-state index contributed by atoms with van der Waals surface area (Å²) in [4.78, 5) is 11.1. The Morgan fingerprint density at radius 2 is 2.18 bits per heavy atom. The van der Waals surface area contributed by atoms with Crippen molar-refractivity contribution in [3.8, 4) is 0 Å². The van der Waals surface area contributed by atoms with E-state index in [2.05, 4.69) is 10.5 Å². The molecule has 1 aromatic carbocycles. The van der Waals surface area contributed by atoms with Crippen molar-refractivity contribution in [1.29, 1.82) is 0 Å². The number of rotatable bonds is 2. The molecule has 5 heteroatoms. The van der Waals surface area contributed by atoms with Crippen molar-refractivity contribution in [1.82, 2.24) is 10.5 Å². The van der Waals surface area contributed by atoms with Crippen LogP contribution in [0.1, 0.15) is 26.5 Å². The standard InChI is InChI=1S/C12H13FN2O2/c1-7(16)14-12(2,3)11-8-5-4-6-9(13)10(8)17-15-11/h4-6H,1-3H3,(H,14,16). The van der Waals surface area contributed by atoms with E-state index in [1.165, 1.54) is 13.0 Å². The lowest BCUT2D eigenvalue weighted by Crippen LogP contribution is -2.40. The molecular formula is C12H13FN2O2. The van der Waals surface area contributed by atoms with E-state index in [1.807, 2.05) is 0 Å². The number of hydrogen-bond donors (Lipinski definition) is 1. The third kappa shape index (κ3) is 2.00. The number of fused-ring (bicyclic) bond motifs is 1. The predicted molar refractivity (Wildman–Crippen MR) is 60.8 cm³/mol. The second-order valence-electron chi connectivity index (χ2n) is 4.45. The number of nitrogens with zero attached hydrogens (tertiary/aromatic N) is 1. The Morgan fingerprint density at radius 3 is 2.82 bits per heavy atom. The Balaban J connectivity index is 2.56. The van der Waals surface area contributed by atoms with Gasteiger partial charge in [-0.05, 0) is 26.0 Å². The van der Waals surface area contributed by atoms with E-state index < -0.39 is 11.4 Å². The summed E-state index contributed by atoms with van der Waals surface area (Å²) < 4.78 is 18.4. The van der Waals surface area contributed by atoms with Gasteiger partial charge in [-0.25, -0.2) is 4.39 Å². The maximum absolute atomic E-state index is 13.4. The number of nitrogens with one attached hydrogen (secondary N) is 1. The quantitative estimate of drug-likeness (QED) is 0.870. The molecule has 1 amide bonds. The monoisotopic (exact) mass is 236 g/mol. The van der Waals surface area contributed by atoms with Crippen molar-refractivity contribution in [2.45, 2.75) is 26.3 Å². The van der Waals surface area contributed by atoms with E-state index >= 15 is 0 Å². The smallest absolute Gasteiger partial charge is 0.217 e. The van der Waals surface area contributed by atoms with Gasteiger partial charge in [0, 0.05) is 6.92 Å². The van der Waals surface area contributed by atoms with E-state index in [4.69, 9.17) is 4.52 Å². The van der Waals surface area contributed by atoms with Gasteiger partial charge in [-0.1, -0.05) is 11.2 Å². The van der Waals surface area contributed by atoms with Crippen LogP contribution in [0.3, 0.4) is 0 Å². The van der Waals surface area contributed by atoms with Crippen LogP contribution in [0, 0.1) is 5.82 Å². The molecule has 1 heterocycles. The molecule has 0 aliphatic carbocycles. The van der Waals surface area contributed by atoms with Crippen LogP contribution in [0.4, 0.5) is 4.39 Å². The fourth-order valence-corrected chi connectivity index (χ4v) is 1.88. The molecule has 17 heavy (non-hydrogen) atoms. The third-order valence-electron chi connectivity index (χ3n) is 2.53. The molecule has 0 radical (unpaired) electrons. The van der Waals surface area contributed by atoms with Crippen LogP contribution in [0.5, 0.6) is 0 Å². The van der Waals surface area contributed by atoms with Gasteiger partial charge in [0.05, 0.1) is 10.9 Å². The molecule has 2 rings (SSSR count). The van der Waals surface area contributed by atoms with E-state index in [0.717, 1.165) is 0 Å². The Hall–Kier alpha value is -1.91. The minimum Gasteiger partial charge on any atom is -0.353 e. The largest absolute Gasteiger partial charge is 0.353 e. The molecule has 0 aliphatic rings. The summed E-state index contributed by atoms with van der Waals surface area (Å²) in [6, 6.07) is 4.61. The highest BCUT2D eigenvalue weighted by Crippen LogP contribution is 2.28. The summed E-state index contributed by atoms with van der Waals surface area (Å²) in [5.41, 5.74) is -0.0756. The van der Waals surface area contributed by atoms with E-state index in [-0.39, 0.29) is 11.5 Å². The molecule has 0 spiro atoms. The topological polar surface area (TPSA) is 55.1 Å². The molecule has 0 bridgehead atoms. The van der Waals surface area contributed by atoms with Gasteiger partial charge in [-0.2, -0.15) is 0 Å². The lowest BCUT2D eigenvalue weighted by atomic mass is 9.97. The highest BCUT2D eigenvalue weighted by Gasteiger charge is 2.28. The molecule has 2 aromatic rings. The molecule has 0 saturated carbocycles. The van der Waals surface area contributed by atoms with Gasteiger partial charge in [0.15, 0.2) is 5.82 Å². The second kappa shape index (κ2) is 3.84. The van der Waals surface area contributed by atoms with Crippen LogP contribution in [-0.4, -0.2) is 11.1 Å². The van der Waals surface area contributed by atoms with Crippen LogP contribution in [0.15, 0.2) is 22.7 Å². The Labute approximate surface area is 97.8 Å². The Kier molecular flexibility index (Phi) is 2.61. The number of amides is 1. The third-order valence-corrected chi connectivity index (χ3v) is 2.53. The van der Waals surface area contributed by atoms with Crippen molar-refractivity contribution >= 4 is 16.9 Å². The Morgan fingerprint density at radius 1 is 1.47 bits per heavy atom. The van der Waals surface area contributed by atoms with Crippen LogP contribution < -0.4 is 5.32 Å². The summed E-state index contributed by atoms with van der Waals surface area (Å²) in [5, 5.41) is 7.17. The first-order valence-electron chi connectivity index (χ1n) is 5.25. The predicted octanol–water partition coefficient (Wildman–Crippen LogP) is 2.34. The molecule has 0 unspecified atom stereocenters. The lowest BCUT2D eigenvalue weighted by molar-refractivity contribution is -0.120. The Bertz CT molecular complexity index is 575. The molecule has 0 saturated heterocycles. The number of para-hydroxylation sites is 1. The summed E-state index contributed by atoms with van der Waals surface area (Å²) in [6.07, 6.45) is 0.